The van der Waals surface area contributed by atoms with Crippen LogP contribution in [0, 0.1) is 5.92 Å². The molecule has 1 amide bonds. The van der Waals surface area contributed by atoms with Gasteiger partial charge in [-0.05, 0) is 18.6 Å². The van der Waals surface area contributed by atoms with Gasteiger partial charge in [0.1, 0.15) is 12.4 Å². The third kappa shape index (κ3) is 4.12. The molecule has 0 spiro atoms. The quantitative estimate of drug-likeness (QED) is 0.597. The molecule has 1 aromatic rings. The number of amides is 1. The number of anilines is 1. The van der Waals surface area contributed by atoms with Crippen LogP contribution in [0.5, 0.6) is 5.75 Å². The monoisotopic (exact) mass is 298 g/mol. The minimum atomic E-state index is -3.02. The lowest BCUT2D eigenvalue weighted by Gasteiger charge is -2.10. The molecule has 0 bridgehead atoms. The Morgan fingerprint density at radius 3 is 2.90 bits per heavy atom. The van der Waals surface area contributed by atoms with Crippen LogP contribution in [0.2, 0.25) is 0 Å². The van der Waals surface area contributed by atoms with Gasteiger partial charge in [-0.1, -0.05) is 6.07 Å². The molecule has 110 valence electrons. The molecular weight excluding hydrogens is 280 g/mol. The van der Waals surface area contributed by atoms with Crippen LogP contribution in [-0.2, 0) is 14.6 Å². The van der Waals surface area contributed by atoms with Crippen molar-refractivity contribution in [3.63, 3.8) is 0 Å². The molecule has 0 radical (unpaired) electrons. The van der Waals surface area contributed by atoms with E-state index in [1.54, 1.807) is 24.3 Å². The van der Waals surface area contributed by atoms with Gasteiger partial charge in [-0.25, -0.2) is 8.42 Å². The van der Waals surface area contributed by atoms with Crippen LogP contribution in [-0.4, -0.2) is 39.0 Å². The normalized spacial score (nSPS) is 20.5. The number of hydrogen-bond acceptors (Lipinski definition) is 5. The largest absolute Gasteiger partial charge is 0.492 e. The molecule has 1 aromatic carbocycles. The molecule has 1 saturated heterocycles. The standard InChI is InChI=1S/C13H18N2O4S/c14-11-2-1-3-12(8-11)19-6-5-15-13(16)10-4-7-20(17,18)9-10/h1-3,8,10H,4-7,9,14H2,(H,15,16). The van der Waals surface area contributed by atoms with Gasteiger partial charge in [-0.3, -0.25) is 4.79 Å². The Labute approximate surface area is 118 Å². The predicted octanol–water partition coefficient (Wildman–Crippen LogP) is 0.198. The third-order valence-electron chi connectivity index (χ3n) is 3.13. The molecule has 0 aliphatic carbocycles. The Morgan fingerprint density at radius 2 is 2.25 bits per heavy atom. The Balaban J connectivity index is 1.70. The highest BCUT2D eigenvalue weighted by atomic mass is 32.2. The van der Waals surface area contributed by atoms with Crippen molar-refractivity contribution in [2.45, 2.75) is 6.42 Å². The maximum atomic E-state index is 11.7. The van der Waals surface area contributed by atoms with Gasteiger partial charge in [-0.15, -0.1) is 0 Å². The van der Waals surface area contributed by atoms with E-state index in [0.29, 0.717) is 31.0 Å². The topological polar surface area (TPSA) is 98.5 Å². The highest BCUT2D eigenvalue weighted by molar-refractivity contribution is 7.91. The second kappa shape index (κ2) is 6.13. The van der Waals surface area contributed by atoms with E-state index in [2.05, 4.69) is 5.32 Å². The molecule has 0 saturated carbocycles. The molecule has 1 fully saturated rings. The van der Waals surface area contributed by atoms with Gasteiger partial charge in [0.05, 0.1) is 24.0 Å². The summed E-state index contributed by atoms with van der Waals surface area (Å²) >= 11 is 0. The summed E-state index contributed by atoms with van der Waals surface area (Å²) in [6.07, 6.45) is 0.407. The number of sulfone groups is 1. The first-order valence-corrected chi connectivity index (χ1v) is 8.25. The van der Waals surface area contributed by atoms with Gasteiger partial charge < -0.3 is 15.8 Å². The maximum absolute atomic E-state index is 11.7. The average molecular weight is 298 g/mol. The van der Waals surface area contributed by atoms with Crippen LogP contribution in [0.1, 0.15) is 6.42 Å². The number of rotatable bonds is 5. The molecule has 3 N–H and O–H groups in total. The summed E-state index contributed by atoms with van der Waals surface area (Å²) in [6, 6.07) is 7.02. The van der Waals surface area contributed by atoms with Crippen molar-refractivity contribution in [1.82, 2.24) is 5.32 Å². The molecule has 7 heteroatoms. The predicted molar refractivity (Wildman–Crippen MR) is 76.1 cm³/mol. The summed E-state index contributed by atoms with van der Waals surface area (Å²) in [4.78, 5) is 11.7. The number of carbonyl (C=O) groups excluding carboxylic acids is 1. The van der Waals surface area contributed by atoms with E-state index < -0.39 is 15.8 Å². The van der Waals surface area contributed by atoms with E-state index in [1.165, 1.54) is 0 Å². The lowest BCUT2D eigenvalue weighted by atomic mass is 10.1. The molecule has 1 heterocycles. The SMILES string of the molecule is Nc1cccc(OCCNC(=O)C2CCS(=O)(=O)C2)c1. The van der Waals surface area contributed by atoms with Gasteiger partial charge >= 0.3 is 0 Å². The summed E-state index contributed by atoms with van der Waals surface area (Å²) in [7, 11) is -3.02. The lowest BCUT2D eigenvalue weighted by molar-refractivity contribution is -0.124. The van der Waals surface area contributed by atoms with E-state index in [9.17, 15) is 13.2 Å². The van der Waals surface area contributed by atoms with Crippen LogP contribution in [0.3, 0.4) is 0 Å². The van der Waals surface area contributed by atoms with Crippen LogP contribution in [0.4, 0.5) is 5.69 Å². The second-order valence-corrected chi connectivity index (χ2v) is 7.04. The van der Waals surface area contributed by atoms with Gasteiger partial charge in [0.2, 0.25) is 5.91 Å². The summed E-state index contributed by atoms with van der Waals surface area (Å²) in [5.74, 6) is 0.0529. The molecular formula is C13H18N2O4S. The average Bonchev–Trinajstić information content (AvgIpc) is 2.75. The van der Waals surface area contributed by atoms with Crippen LogP contribution < -0.4 is 15.8 Å². The number of nitrogen functional groups attached to an aromatic ring is 1. The van der Waals surface area contributed by atoms with Gasteiger partial charge in [0.15, 0.2) is 9.84 Å². The Hall–Kier alpha value is -1.76. The highest BCUT2D eigenvalue weighted by Gasteiger charge is 2.32. The van der Waals surface area contributed by atoms with Crippen molar-refractivity contribution in [3.8, 4) is 5.75 Å². The fourth-order valence-corrected chi connectivity index (χ4v) is 3.83. The molecule has 1 unspecified atom stereocenters. The minimum absolute atomic E-state index is 0.0467. The zero-order valence-electron chi connectivity index (χ0n) is 11.0. The van der Waals surface area contributed by atoms with Crippen LogP contribution in [0.25, 0.3) is 0 Å². The first-order valence-electron chi connectivity index (χ1n) is 6.43. The highest BCUT2D eigenvalue weighted by Crippen LogP contribution is 2.18. The van der Waals surface area contributed by atoms with Crippen molar-refractivity contribution in [2.75, 3.05) is 30.4 Å². The third-order valence-corrected chi connectivity index (χ3v) is 4.90. The van der Waals surface area contributed by atoms with Gasteiger partial charge in [-0.2, -0.15) is 0 Å². The van der Waals surface area contributed by atoms with E-state index in [1.807, 2.05) is 0 Å². The van der Waals surface area contributed by atoms with Crippen LogP contribution in [0.15, 0.2) is 24.3 Å². The smallest absolute Gasteiger partial charge is 0.224 e. The summed E-state index contributed by atoms with van der Waals surface area (Å²) < 4.78 is 28.0. The zero-order valence-corrected chi connectivity index (χ0v) is 11.9. The number of ether oxygens (including phenoxy) is 1. The number of nitrogens with one attached hydrogen (secondary N) is 1. The van der Waals surface area contributed by atoms with Crippen LogP contribution >= 0.6 is 0 Å². The molecule has 1 aliphatic heterocycles. The lowest BCUT2D eigenvalue weighted by Crippen LogP contribution is -2.34. The molecule has 1 atom stereocenters. The summed E-state index contributed by atoms with van der Waals surface area (Å²) in [5, 5.41) is 2.69. The van der Waals surface area contributed by atoms with E-state index in [0.717, 1.165) is 0 Å². The van der Waals surface area contributed by atoms with E-state index >= 15 is 0 Å². The van der Waals surface area contributed by atoms with E-state index in [-0.39, 0.29) is 17.4 Å². The fraction of sp³-hybridized carbons (Fsp3) is 0.462. The summed E-state index contributed by atoms with van der Waals surface area (Å²) in [6.45, 7) is 0.652. The number of carbonyl (C=O) groups is 1. The van der Waals surface area contributed by atoms with Gasteiger partial charge in [0.25, 0.3) is 0 Å². The molecule has 2 rings (SSSR count). The van der Waals surface area contributed by atoms with Crippen molar-refractivity contribution < 1.29 is 17.9 Å². The first-order chi connectivity index (χ1) is 9.46. The van der Waals surface area contributed by atoms with E-state index in [4.69, 9.17) is 10.5 Å². The minimum Gasteiger partial charge on any atom is -0.492 e. The Kier molecular flexibility index (Phi) is 4.49. The zero-order chi connectivity index (χ0) is 14.6. The van der Waals surface area contributed by atoms with Gasteiger partial charge in [0, 0.05) is 11.8 Å². The Morgan fingerprint density at radius 1 is 1.45 bits per heavy atom. The molecule has 0 aromatic heterocycles. The van der Waals surface area contributed by atoms with Crippen molar-refractivity contribution in [1.29, 1.82) is 0 Å². The van der Waals surface area contributed by atoms with Crippen molar-refractivity contribution >= 4 is 21.4 Å². The van der Waals surface area contributed by atoms with Crippen molar-refractivity contribution in [2.24, 2.45) is 5.92 Å². The first kappa shape index (κ1) is 14.6. The number of hydrogen-bond donors (Lipinski definition) is 2. The maximum Gasteiger partial charge on any atom is 0.224 e. The number of nitrogens with two attached hydrogens (primary N) is 1. The molecule has 6 nitrogen and oxygen atoms in total. The fourth-order valence-electron chi connectivity index (χ4n) is 2.09. The Bertz CT molecular complexity index is 586. The molecule has 1 aliphatic rings. The summed E-state index contributed by atoms with van der Waals surface area (Å²) in [5.41, 5.74) is 6.23. The second-order valence-electron chi connectivity index (χ2n) is 4.81. The number of benzene rings is 1. The van der Waals surface area contributed by atoms with Crippen molar-refractivity contribution in [3.05, 3.63) is 24.3 Å². The molecule has 20 heavy (non-hydrogen) atoms.